The molecule has 210 valence electrons. The van der Waals surface area contributed by atoms with Gasteiger partial charge in [0.05, 0.1) is 30.5 Å². The number of nitrogens with zero attached hydrogens (tertiary/aromatic N) is 1. The fourth-order valence-corrected chi connectivity index (χ4v) is 17.6. The van der Waals surface area contributed by atoms with Crippen LogP contribution in [0.5, 0.6) is 0 Å². The van der Waals surface area contributed by atoms with Gasteiger partial charge in [-0.3, -0.25) is 4.84 Å². The number of hydrogen-bond donors (Lipinski definition) is 2. The van der Waals surface area contributed by atoms with Crippen molar-refractivity contribution in [3.63, 3.8) is 0 Å². The predicted molar refractivity (Wildman–Crippen MR) is 149 cm³/mol. The molecule has 5 rings (SSSR count). The third kappa shape index (κ3) is 4.93. The molecule has 0 spiro atoms. The summed E-state index contributed by atoms with van der Waals surface area (Å²) < 4.78 is 27.8. The van der Waals surface area contributed by atoms with Crippen molar-refractivity contribution in [2.24, 2.45) is 0 Å². The van der Waals surface area contributed by atoms with Gasteiger partial charge in [-0.2, -0.15) is 10.7 Å². The summed E-state index contributed by atoms with van der Waals surface area (Å²) in [6.45, 7) is 17.7. The molecule has 1 unspecified atom stereocenters. The minimum absolute atomic E-state index is 0.127. The first-order chi connectivity index (χ1) is 17.9. The summed E-state index contributed by atoms with van der Waals surface area (Å²) in [5, 5.41) is 21.6. The number of aliphatic hydroxyl groups excluding tert-OH is 1. The Kier molecular flexibility index (Phi) is 8.63. The summed E-state index contributed by atoms with van der Waals surface area (Å²) in [4.78, 5) is 6.05. The molecule has 0 saturated carbocycles. The van der Waals surface area contributed by atoms with E-state index in [0.29, 0.717) is 17.8 Å². The van der Waals surface area contributed by atoms with Gasteiger partial charge >= 0.3 is 17.1 Å². The topological polar surface area (TPSA) is 102 Å². The van der Waals surface area contributed by atoms with Crippen LogP contribution in [-0.2, 0) is 29.1 Å². The summed E-state index contributed by atoms with van der Waals surface area (Å²) in [6, 6.07) is 12.1. The van der Waals surface area contributed by atoms with Crippen LogP contribution in [0.3, 0.4) is 0 Å². The number of nitriles is 1. The largest absolute Gasteiger partial charge is 0.466 e. The average molecular weight is 561 g/mol. The Hall–Kier alpha value is -1.56. The van der Waals surface area contributed by atoms with Gasteiger partial charge in [0.25, 0.3) is 0 Å². The Morgan fingerprint density at radius 2 is 1.58 bits per heavy atom. The molecule has 10 heteroatoms. The summed E-state index contributed by atoms with van der Waals surface area (Å²) in [5.74, 6) is 0.468. The zero-order chi connectivity index (χ0) is 27.9. The maximum Gasteiger partial charge on any atom is 0.335 e. The van der Waals surface area contributed by atoms with Crippen LogP contribution in [0, 0.1) is 11.3 Å². The summed E-state index contributed by atoms with van der Waals surface area (Å²) in [6.07, 6.45) is -1.87. The molecule has 4 atom stereocenters. The lowest BCUT2D eigenvalue weighted by Crippen LogP contribution is -2.68. The molecule has 1 aliphatic carbocycles. The lowest BCUT2D eigenvalue weighted by atomic mass is 9.84. The molecule has 2 N–H and O–H groups in total. The molecule has 1 aromatic rings. The van der Waals surface area contributed by atoms with Gasteiger partial charge in [0.15, 0.2) is 0 Å². The van der Waals surface area contributed by atoms with Crippen LogP contribution in [0.15, 0.2) is 41.7 Å². The SMILES string of the molecule is CC(C)[Si]1(C(C)C)O[C@H]2CC3=C(C#N)CC(NOCc4ccccc4)([C@H](O)O3)[C@@H]2O[Si](C(C)C)(C(C)C)O1. The maximum atomic E-state index is 11.5. The fraction of sp³-hybridized carbons (Fsp3) is 0.679. The van der Waals surface area contributed by atoms with E-state index in [0.717, 1.165) is 5.56 Å². The minimum Gasteiger partial charge on any atom is -0.466 e. The van der Waals surface area contributed by atoms with E-state index >= 15 is 0 Å². The summed E-state index contributed by atoms with van der Waals surface area (Å²) >= 11 is 0. The first-order valence-electron chi connectivity index (χ1n) is 13.9. The van der Waals surface area contributed by atoms with Crippen molar-refractivity contribution in [2.45, 2.75) is 121 Å². The highest BCUT2D eigenvalue weighted by atomic mass is 28.5. The Bertz CT molecular complexity index is 1040. The lowest BCUT2D eigenvalue weighted by Gasteiger charge is -2.48. The Balaban J connectivity index is 1.84. The van der Waals surface area contributed by atoms with Crippen LogP contribution in [0.4, 0.5) is 0 Å². The fourth-order valence-electron chi connectivity index (χ4n) is 6.26. The zero-order valence-electron chi connectivity index (χ0n) is 24.0. The molecule has 3 aliphatic heterocycles. The highest BCUT2D eigenvalue weighted by Gasteiger charge is 2.67. The van der Waals surface area contributed by atoms with E-state index in [9.17, 15) is 10.4 Å². The Morgan fingerprint density at radius 1 is 1.00 bits per heavy atom. The normalized spacial score (nSPS) is 30.3. The van der Waals surface area contributed by atoms with Crippen LogP contribution in [0.1, 0.15) is 73.8 Å². The second kappa shape index (κ2) is 11.1. The monoisotopic (exact) mass is 560 g/mol. The number of aliphatic hydroxyl groups is 1. The molecular weight excluding hydrogens is 516 g/mol. The van der Waals surface area contributed by atoms with E-state index < -0.39 is 41.2 Å². The van der Waals surface area contributed by atoms with Crippen molar-refractivity contribution in [1.82, 2.24) is 5.48 Å². The number of nitrogens with one attached hydrogen (secondary N) is 1. The Morgan fingerprint density at radius 3 is 2.13 bits per heavy atom. The molecule has 8 nitrogen and oxygen atoms in total. The average Bonchev–Trinajstić information content (AvgIpc) is 3.14. The number of hydrogen-bond acceptors (Lipinski definition) is 8. The van der Waals surface area contributed by atoms with Crippen molar-refractivity contribution in [1.29, 1.82) is 5.26 Å². The van der Waals surface area contributed by atoms with Gasteiger partial charge in [-0.25, -0.2) is 0 Å². The standard InChI is InChI=1S/C28H44N2O6Si2/c1-18(2)37(19(3)4)34-25-14-24-23(16-29)15-28(27(31)33-24,30-32-17-22-12-10-9-11-13-22)26(25)35-38(36-37,20(5)6)21(7)8/h9-13,18-21,25-27,30-31H,14-15,17H2,1-8H3/t25-,26+,27+,28?/m0/s1. The maximum absolute atomic E-state index is 11.5. The van der Waals surface area contributed by atoms with Crippen LogP contribution < -0.4 is 5.48 Å². The van der Waals surface area contributed by atoms with Gasteiger partial charge in [-0.05, 0) is 27.7 Å². The van der Waals surface area contributed by atoms with Gasteiger partial charge in [-0.15, -0.1) is 0 Å². The van der Waals surface area contributed by atoms with Gasteiger partial charge in [0.2, 0.25) is 6.29 Å². The van der Waals surface area contributed by atoms with E-state index in [1.54, 1.807) is 0 Å². The van der Waals surface area contributed by atoms with E-state index in [2.05, 4.69) is 66.9 Å². The van der Waals surface area contributed by atoms with Crippen molar-refractivity contribution >= 4 is 17.1 Å². The number of rotatable bonds is 8. The molecule has 4 aliphatic rings. The molecule has 2 bridgehead atoms. The highest BCUT2D eigenvalue weighted by molar-refractivity contribution is 6.84. The van der Waals surface area contributed by atoms with E-state index in [1.807, 2.05) is 30.3 Å². The summed E-state index contributed by atoms with van der Waals surface area (Å²) in [7, 11) is -5.81. The molecular formula is C28H44N2O6Si2. The number of benzene rings is 1. The second-order valence-corrected chi connectivity index (χ2v) is 20.9. The summed E-state index contributed by atoms with van der Waals surface area (Å²) in [5.41, 5.74) is 3.97. The van der Waals surface area contributed by atoms with E-state index in [-0.39, 0.29) is 35.2 Å². The molecule has 0 aromatic heterocycles. The third-order valence-corrected chi connectivity index (χ3v) is 18.7. The molecule has 0 amide bonds. The van der Waals surface area contributed by atoms with Gasteiger partial charge in [-0.1, -0.05) is 85.7 Å². The van der Waals surface area contributed by atoms with Crippen molar-refractivity contribution in [3.05, 3.63) is 47.2 Å². The lowest BCUT2D eigenvalue weighted by molar-refractivity contribution is -0.208. The van der Waals surface area contributed by atoms with Crippen LogP contribution >= 0.6 is 0 Å². The van der Waals surface area contributed by atoms with E-state index in [4.69, 9.17) is 22.5 Å². The van der Waals surface area contributed by atoms with Gasteiger partial charge in [0.1, 0.15) is 11.3 Å². The van der Waals surface area contributed by atoms with Gasteiger partial charge in [0, 0.05) is 12.8 Å². The second-order valence-electron chi connectivity index (χ2n) is 12.1. The van der Waals surface area contributed by atoms with Crippen molar-refractivity contribution < 1.29 is 27.6 Å². The predicted octanol–water partition coefficient (Wildman–Crippen LogP) is 5.69. The van der Waals surface area contributed by atoms with E-state index in [1.165, 1.54) is 0 Å². The van der Waals surface area contributed by atoms with Crippen LogP contribution in [0.2, 0.25) is 22.2 Å². The Labute approximate surface area is 229 Å². The van der Waals surface area contributed by atoms with Crippen molar-refractivity contribution in [3.8, 4) is 6.07 Å². The zero-order valence-corrected chi connectivity index (χ0v) is 26.0. The third-order valence-electron chi connectivity index (χ3n) is 8.40. The van der Waals surface area contributed by atoms with Crippen molar-refractivity contribution in [2.75, 3.05) is 0 Å². The molecule has 2 fully saturated rings. The highest BCUT2D eigenvalue weighted by Crippen LogP contribution is 2.53. The smallest absolute Gasteiger partial charge is 0.335 e. The first-order valence-corrected chi connectivity index (χ1v) is 17.8. The molecule has 0 radical (unpaired) electrons. The quantitative estimate of drug-likeness (QED) is 0.309. The molecule has 3 heterocycles. The number of fused-ring (bicyclic) bond motifs is 2. The number of ether oxygens (including phenoxy) is 1. The molecule has 38 heavy (non-hydrogen) atoms. The molecule has 2 saturated heterocycles. The minimum atomic E-state index is -2.96. The van der Waals surface area contributed by atoms with Gasteiger partial charge < -0.3 is 22.8 Å². The van der Waals surface area contributed by atoms with Crippen LogP contribution in [0.25, 0.3) is 0 Å². The first kappa shape index (κ1) is 29.4. The molecule has 1 aromatic carbocycles. The van der Waals surface area contributed by atoms with Crippen LogP contribution in [-0.4, -0.2) is 46.3 Å². The number of hydroxylamine groups is 1.